The fourth-order valence-electron chi connectivity index (χ4n) is 3.34. The summed E-state index contributed by atoms with van der Waals surface area (Å²) in [4.78, 5) is 0. The maximum Gasteiger partial charge on any atom is 0.202 e. The second-order valence-corrected chi connectivity index (χ2v) is 6.97. The average Bonchev–Trinajstić information content (AvgIpc) is 3.07. The Kier molecular flexibility index (Phi) is 5.82. The Balaban J connectivity index is 1.41. The van der Waals surface area contributed by atoms with Gasteiger partial charge in [0.15, 0.2) is 0 Å². The summed E-state index contributed by atoms with van der Waals surface area (Å²) in [5.74, 6) is 0.765. The third kappa shape index (κ3) is 4.15. The summed E-state index contributed by atoms with van der Waals surface area (Å²) >= 11 is 6.31. The molecule has 0 amide bonds. The van der Waals surface area contributed by atoms with Gasteiger partial charge in [0.1, 0.15) is 17.9 Å². The minimum Gasteiger partial charge on any atom is -0.491 e. The largest absolute Gasteiger partial charge is 0.491 e. The molecule has 1 aliphatic heterocycles. The summed E-state index contributed by atoms with van der Waals surface area (Å²) in [7, 11) is 0. The molecule has 6 heteroatoms. The highest BCUT2D eigenvalue weighted by atomic mass is 35.5. The van der Waals surface area contributed by atoms with Gasteiger partial charge in [-0.25, -0.2) is 0 Å². The van der Waals surface area contributed by atoms with Crippen LogP contribution in [0.5, 0.6) is 5.75 Å². The van der Waals surface area contributed by atoms with Crippen LogP contribution in [0, 0.1) is 11.3 Å². The molecule has 0 saturated carbocycles. The molecule has 0 bridgehead atoms. The van der Waals surface area contributed by atoms with E-state index in [0.29, 0.717) is 29.6 Å². The molecule has 1 aliphatic rings. The molecular weight excluding hydrogens is 378 g/mol. The highest BCUT2D eigenvalue weighted by Gasteiger charge is 2.16. The highest BCUT2D eigenvalue weighted by molar-refractivity contribution is 6.33. The van der Waals surface area contributed by atoms with E-state index in [9.17, 15) is 0 Å². The molecule has 1 fully saturated rings. The lowest BCUT2D eigenvalue weighted by atomic mass is 10.0. The van der Waals surface area contributed by atoms with Crippen LogP contribution in [0.3, 0.4) is 0 Å². The van der Waals surface area contributed by atoms with Crippen LogP contribution in [0.1, 0.15) is 18.4 Å². The van der Waals surface area contributed by atoms with E-state index < -0.39 is 0 Å². The zero-order valence-corrected chi connectivity index (χ0v) is 16.1. The molecule has 0 radical (unpaired) electrons. The van der Waals surface area contributed by atoms with Gasteiger partial charge >= 0.3 is 0 Å². The molecular formula is C22H20ClNO4. The van der Waals surface area contributed by atoms with E-state index in [1.54, 1.807) is 18.2 Å². The SMILES string of the molecule is N#Cc1ccc2oc(Cl)c(-c3ccc(OCCOC4CCOCC4)cc3)c2c1. The first-order chi connectivity index (χ1) is 13.7. The van der Waals surface area contributed by atoms with Crippen LogP contribution < -0.4 is 4.74 Å². The number of hydrogen-bond donors (Lipinski definition) is 0. The number of benzene rings is 2. The number of ether oxygens (including phenoxy) is 3. The molecule has 0 N–H and O–H groups in total. The molecule has 2 aromatic carbocycles. The van der Waals surface area contributed by atoms with Crippen molar-refractivity contribution >= 4 is 22.6 Å². The van der Waals surface area contributed by atoms with Gasteiger partial charge in [0, 0.05) is 24.2 Å². The second kappa shape index (κ2) is 8.66. The third-order valence-corrected chi connectivity index (χ3v) is 5.06. The number of rotatable bonds is 6. The van der Waals surface area contributed by atoms with Gasteiger partial charge in [-0.3, -0.25) is 0 Å². The third-order valence-electron chi connectivity index (χ3n) is 4.79. The van der Waals surface area contributed by atoms with Crippen molar-refractivity contribution in [2.75, 3.05) is 26.4 Å². The normalized spacial score (nSPS) is 14.9. The van der Waals surface area contributed by atoms with Crippen molar-refractivity contribution in [2.45, 2.75) is 18.9 Å². The number of furan rings is 1. The lowest BCUT2D eigenvalue weighted by Crippen LogP contribution is -2.25. The van der Waals surface area contributed by atoms with Crippen LogP contribution >= 0.6 is 11.6 Å². The Morgan fingerprint density at radius 2 is 1.86 bits per heavy atom. The Bertz CT molecular complexity index is 984. The first-order valence-electron chi connectivity index (χ1n) is 9.29. The maximum atomic E-state index is 9.14. The topological polar surface area (TPSA) is 64.6 Å². The summed E-state index contributed by atoms with van der Waals surface area (Å²) in [6.07, 6.45) is 2.16. The highest BCUT2D eigenvalue weighted by Crippen LogP contribution is 2.38. The molecule has 28 heavy (non-hydrogen) atoms. The second-order valence-electron chi connectivity index (χ2n) is 6.63. The van der Waals surface area contributed by atoms with Gasteiger partial charge in [0.25, 0.3) is 0 Å². The molecule has 1 saturated heterocycles. The zero-order chi connectivity index (χ0) is 19.3. The molecule has 2 heterocycles. The first-order valence-corrected chi connectivity index (χ1v) is 9.67. The predicted molar refractivity (Wildman–Crippen MR) is 107 cm³/mol. The van der Waals surface area contributed by atoms with E-state index in [0.717, 1.165) is 48.3 Å². The predicted octanol–water partition coefficient (Wildman–Crippen LogP) is 5.20. The lowest BCUT2D eigenvalue weighted by Gasteiger charge is -2.22. The van der Waals surface area contributed by atoms with E-state index in [1.807, 2.05) is 24.3 Å². The monoisotopic (exact) mass is 397 g/mol. The van der Waals surface area contributed by atoms with Crippen LogP contribution in [-0.2, 0) is 9.47 Å². The van der Waals surface area contributed by atoms with E-state index in [-0.39, 0.29) is 6.10 Å². The van der Waals surface area contributed by atoms with E-state index in [4.69, 9.17) is 35.5 Å². The Labute approximate surface area is 168 Å². The number of fused-ring (bicyclic) bond motifs is 1. The van der Waals surface area contributed by atoms with Crippen molar-refractivity contribution in [3.63, 3.8) is 0 Å². The fourth-order valence-corrected chi connectivity index (χ4v) is 3.64. The number of hydrogen-bond acceptors (Lipinski definition) is 5. The molecule has 0 unspecified atom stereocenters. The summed E-state index contributed by atoms with van der Waals surface area (Å²) in [6, 6.07) is 15.1. The fraction of sp³-hybridized carbons (Fsp3) is 0.318. The van der Waals surface area contributed by atoms with Gasteiger partial charge < -0.3 is 18.6 Å². The molecule has 0 atom stereocenters. The summed E-state index contributed by atoms with van der Waals surface area (Å²) in [6.45, 7) is 2.60. The molecule has 0 spiro atoms. The first kappa shape index (κ1) is 18.8. The Morgan fingerprint density at radius 3 is 2.61 bits per heavy atom. The van der Waals surface area contributed by atoms with Crippen molar-refractivity contribution in [3.8, 4) is 22.9 Å². The van der Waals surface area contributed by atoms with Gasteiger partial charge in [-0.2, -0.15) is 5.26 Å². The molecule has 144 valence electrons. The molecule has 3 aromatic rings. The molecule has 5 nitrogen and oxygen atoms in total. The summed E-state index contributed by atoms with van der Waals surface area (Å²) in [5, 5.41) is 10.3. The van der Waals surface area contributed by atoms with Crippen molar-refractivity contribution in [2.24, 2.45) is 0 Å². The minimum atomic E-state index is 0.273. The van der Waals surface area contributed by atoms with E-state index in [1.165, 1.54) is 0 Å². The van der Waals surface area contributed by atoms with Gasteiger partial charge in [-0.15, -0.1) is 0 Å². The van der Waals surface area contributed by atoms with Gasteiger partial charge in [0.05, 0.1) is 24.3 Å². The average molecular weight is 398 g/mol. The molecule has 1 aromatic heterocycles. The van der Waals surface area contributed by atoms with E-state index in [2.05, 4.69) is 6.07 Å². The Morgan fingerprint density at radius 1 is 1.07 bits per heavy atom. The Hall–Kier alpha value is -2.52. The van der Waals surface area contributed by atoms with Gasteiger partial charge in [-0.05, 0) is 60.3 Å². The summed E-state index contributed by atoms with van der Waals surface area (Å²) in [5.41, 5.74) is 2.91. The van der Waals surface area contributed by atoms with E-state index >= 15 is 0 Å². The van der Waals surface area contributed by atoms with Crippen LogP contribution in [0.15, 0.2) is 46.9 Å². The number of halogens is 1. The molecule has 4 rings (SSSR count). The number of nitrogens with zero attached hydrogens (tertiary/aromatic N) is 1. The van der Waals surface area contributed by atoms with Crippen LogP contribution in [0.2, 0.25) is 5.22 Å². The standard InChI is InChI=1S/C22H20ClNO4/c23-22-21(19-13-15(14-24)1-6-20(19)28-22)16-2-4-17(5-3-16)26-11-12-27-18-7-9-25-10-8-18/h1-6,13,18H,7-12H2. The number of nitriles is 1. The minimum absolute atomic E-state index is 0.273. The smallest absolute Gasteiger partial charge is 0.202 e. The van der Waals surface area contributed by atoms with Crippen LogP contribution in [-0.4, -0.2) is 32.5 Å². The lowest BCUT2D eigenvalue weighted by molar-refractivity contribution is -0.0388. The van der Waals surface area contributed by atoms with Gasteiger partial charge in [0.2, 0.25) is 5.22 Å². The van der Waals surface area contributed by atoms with Gasteiger partial charge in [-0.1, -0.05) is 12.1 Å². The summed E-state index contributed by atoms with van der Waals surface area (Å²) < 4.78 is 22.5. The zero-order valence-electron chi connectivity index (χ0n) is 15.3. The van der Waals surface area contributed by atoms with Crippen LogP contribution in [0.25, 0.3) is 22.1 Å². The van der Waals surface area contributed by atoms with Crippen molar-refractivity contribution in [1.82, 2.24) is 0 Å². The van der Waals surface area contributed by atoms with Crippen LogP contribution in [0.4, 0.5) is 0 Å². The van der Waals surface area contributed by atoms with Crippen molar-refractivity contribution < 1.29 is 18.6 Å². The van der Waals surface area contributed by atoms with Crippen molar-refractivity contribution in [3.05, 3.63) is 53.2 Å². The molecule has 0 aliphatic carbocycles. The maximum absolute atomic E-state index is 9.14. The van der Waals surface area contributed by atoms with Crippen molar-refractivity contribution in [1.29, 1.82) is 5.26 Å². The quantitative estimate of drug-likeness (QED) is 0.535.